The minimum atomic E-state index is -3.40. The summed E-state index contributed by atoms with van der Waals surface area (Å²) in [4.78, 5) is 0. The maximum Gasteiger partial charge on any atom is 0.199 e. The first-order chi connectivity index (χ1) is 8.43. The predicted molar refractivity (Wildman–Crippen MR) is 68.9 cm³/mol. The molecule has 5 nitrogen and oxygen atoms in total. The number of H-pyrrole nitrogens is 1. The fraction of sp³-hybridized carbons (Fsp3) is 0.333. The molecule has 1 aromatic heterocycles. The van der Waals surface area contributed by atoms with Gasteiger partial charge in [-0.3, -0.25) is 0 Å². The molecule has 0 saturated carbocycles. The van der Waals surface area contributed by atoms with Gasteiger partial charge < -0.3 is 0 Å². The van der Waals surface area contributed by atoms with Gasteiger partial charge in [-0.25, -0.2) is 13.5 Å². The fourth-order valence-corrected chi connectivity index (χ4v) is 2.62. The molecule has 0 aliphatic rings. The number of benzene rings is 1. The minimum absolute atomic E-state index is 0.0846. The summed E-state index contributed by atoms with van der Waals surface area (Å²) in [7, 11) is -3.40. The summed E-state index contributed by atoms with van der Waals surface area (Å²) in [5, 5.41) is 9.56. The van der Waals surface area contributed by atoms with E-state index in [-0.39, 0.29) is 5.03 Å². The van der Waals surface area contributed by atoms with Crippen molar-refractivity contribution in [2.45, 2.75) is 31.0 Å². The molecule has 0 atom stereocenters. The molecule has 6 heteroatoms. The van der Waals surface area contributed by atoms with Crippen LogP contribution in [0.1, 0.15) is 19.4 Å². The van der Waals surface area contributed by atoms with Gasteiger partial charge in [0, 0.05) is 5.56 Å². The first-order valence-corrected chi connectivity index (χ1v) is 7.19. The van der Waals surface area contributed by atoms with Gasteiger partial charge in [0.2, 0.25) is 0 Å². The first kappa shape index (κ1) is 12.8. The molecule has 96 valence electrons. The second-order valence-corrected chi connectivity index (χ2v) is 6.89. The van der Waals surface area contributed by atoms with Gasteiger partial charge in [-0.15, -0.1) is 5.10 Å². The summed E-state index contributed by atoms with van der Waals surface area (Å²) < 4.78 is 24.3. The molecular formula is C12H15N3O2S. The topological polar surface area (TPSA) is 75.7 Å². The Morgan fingerprint density at radius 3 is 2.33 bits per heavy atom. The van der Waals surface area contributed by atoms with Crippen LogP contribution in [0.3, 0.4) is 0 Å². The number of sulfone groups is 1. The van der Waals surface area contributed by atoms with Crippen molar-refractivity contribution < 1.29 is 8.42 Å². The zero-order valence-electron chi connectivity index (χ0n) is 10.5. The Kier molecular flexibility index (Phi) is 3.21. The summed E-state index contributed by atoms with van der Waals surface area (Å²) >= 11 is 0. The Bertz CT molecular complexity index is 642. The fourth-order valence-electron chi connectivity index (χ4n) is 1.55. The highest BCUT2D eigenvalue weighted by Crippen LogP contribution is 2.25. The Hall–Kier alpha value is -1.69. The van der Waals surface area contributed by atoms with Crippen LogP contribution < -0.4 is 0 Å². The average Bonchev–Trinajstić information content (AvgIpc) is 2.79. The van der Waals surface area contributed by atoms with Crippen LogP contribution in [0.25, 0.3) is 11.3 Å². The zero-order chi connectivity index (χ0) is 13.3. The van der Waals surface area contributed by atoms with Gasteiger partial charge in [-0.05, 0) is 20.8 Å². The Labute approximate surface area is 106 Å². The number of hydrogen-bond acceptors (Lipinski definition) is 4. The van der Waals surface area contributed by atoms with Crippen LogP contribution in [-0.4, -0.2) is 29.1 Å². The molecule has 0 aliphatic carbocycles. The van der Waals surface area contributed by atoms with Crippen molar-refractivity contribution in [3.8, 4) is 11.3 Å². The number of hydrogen-bond donors (Lipinski definition) is 1. The zero-order valence-corrected chi connectivity index (χ0v) is 11.3. The highest BCUT2D eigenvalue weighted by Gasteiger charge is 2.26. The molecule has 0 saturated heterocycles. The van der Waals surface area contributed by atoms with Crippen molar-refractivity contribution in [2.75, 3.05) is 0 Å². The molecule has 2 aromatic rings. The van der Waals surface area contributed by atoms with Crippen LogP contribution in [0.15, 0.2) is 29.3 Å². The number of nitrogens with zero attached hydrogens (tertiary/aromatic N) is 2. The Morgan fingerprint density at radius 1 is 1.17 bits per heavy atom. The van der Waals surface area contributed by atoms with Crippen molar-refractivity contribution in [2.24, 2.45) is 0 Å². The van der Waals surface area contributed by atoms with Gasteiger partial charge in [-0.1, -0.05) is 35.0 Å². The Morgan fingerprint density at radius 2 is 1.78 bits per heavy atom. The number of aryl methyl sites for hydroxylation is 1. The molecule has 2 rings (SSSR count). The normalized spacial score (nSPS) is 12.0. The molecule has 0 aliphatic heterocycles. The summed E-state index contributed by atoms with van der Waals surface area (Å²) in [5.74, 6) is 0. The van der Waals surface area contributed by atoms with Crippen molar-refractivity contribution in [3.63, 3.8) is 0 Å². The number of aromatic nitrogens is 3. The van der Waals surface area contributed by atoms with Gasteiger partial charge in [0.1, 0.15) is 5.69 Å². The van der Waals surface area contributed by atoms with Crippen molar-refractivity contribution in [1.82, 2.24) is 15.4 Å². The van der Waals surface area contributed by atoms with Crippen LogP contribution >= 0.6 is 0 Å². The number of nitrogens with one attached hydrogen (secondary N) is 1. The molecule has 18 heavy (non-hydrogen) atoms. The number of rotatable bonds is 3. The molecule has 0 radical (unpaired) electrons. The lowest BCUT2D eigenvalue weighted by molar-refractivity contribution is 0.583. The van der Waals surface area contributed by atoms with Crippen LogP contribution in [0.4, 0.5) is 0 Å². The van der Waals surface area contributed by atoms with E-state index in [4.69, 9.17) is 0 Å². The summed E-state index contributed by atoms with van der Waals surface area (Å²) in [6, 6.07) is 7.50. The quantitative estimate of drug-likeness (QED) is 0.920. The molecule has 1 N–H and O–H groups in total. The summed E-state index contributed by atoms with van der Waals surface area (Å²) in [6.45, 7) is 5.24. The largest absolute Gasteiger partial charge is 0.246 e. The van der Waals surface area contributed by atoms with E-state index in [0.29, 0.717) is 5.69 Å². The van der Waals surface area contributed by atoms with Crippen LogP contribution in [0, 0.1) is 6.92 Å². The monoisotopic (exact) mass is 265 g/mol. The van der Waals surface area contributed by atoms with Gasteiger partial charge in [0.15, 0.2) is 14.9 Å². The van der Waals surface area contributed by atoms with Crippen LogP contribution in [0.5, 0.6) is 0 Å². The van der Waals surface area contributed by atoms with Crippen molar-refractivity contribution in [3.05, 3.63) is 29.8 Å². The first-order valence-electron chi connectivity index (χ1n) is 5.65. The van der Waals surface area contributed by atoms with Crippen LogP contribution in [0.2, 0.25) is 0 Å². The van der Waals surface area contributed by atoms with Gasteiger partial charge in [0.25, 0.3) is 0 Å². The molecule has 0 unspecified atom stereocenters. The standard InChI is InChI=1S/C12H15N3O2S/c1-8(2)18(16,17)12-11(13-15-14-12)10-6-4-9(3)5-7-10/h4-8H,1-3H3,(H,13,14,15). The smallest absolute Gasteiger partial charge is 0.199 e. The van der Waals surface area contributed by atoms with Crippen molar-refractivity contribution >= 4 is 9.84 Å². The molecular weight excluding hydrogens is 250 g/mol. The Balaban J connectivity index is 2.56. The van der Waals surface area contributed by atoms with E-state index >= 15 is 0 Å². The lowest BCUT2D eigenvalue weighted by Gasteiger charge is -2.06. The highest BCUT2D eigenvalue weighted by atomic mass is 32.2. The maximum atomic E-state index is 12.1. The van der Waals surface area contributed by atoms with E-state index in [1.165, 1.54) is 0 Å². The molecule has 0 bridgehead atoms. The molecule has 1 heterocycles. The summed E-state index contributed by atoms with van der Waals surface area (Å²) in [6.07, 6.45) is 0. The lowest BCUT2D eigenvalue weighted by Crippen LogP contribution is -2.15. The molecule has 1 aromatic carbocycles. The van der Waals surface area contributed by atoms with E-state index in [9.17, 15) is 8.42 Å². The van der Waals surface area contributed by atoms with Gasteiger partial charge in [0.05, 0.1) is 5.25 Å². The average molecular weight is 265 g/mol. The minimum Gasteiger partial charge on any atom is -0.246 e. The second-order valence-electron chi connectivity index (χ2n) is 4.45. The van der Waals surface area contributed by atoms with E-state index < -0.39 is 15.1 Å². The third-order valence-electron chi connectivity index (χ3n) is 2.75. The van der Waals surface area contributed by atoms with E-state index in [0.717, 1.165) is 11.1 Å². The van der Waals surface area contributed by atoms with Crippen molar-refractivity contribution in [1.29, 1.82) is 0 Å². The third kappa shape index (κ3) is 2.15. The van der Waals surface area contributed by atoms with E-state index in [1.54, 1.807) is 13.8 Å². The molecule has 0 amide bonds. The van der Waals surface area contributed by atoms with E-state index in [1.807, 2.05) is 31.2 Å². The van der Waals surface area contributed by atoms with Crippen LogP contribution in [-0.2, 0) is 9.84 Å². The molecule has 0 spiro atoms. The third-order valence-corrected chi connectivity index (χ3v) is 4.84. The summed E-state index contributed by atoms with van der Waals surface area (Å²) in [5.41, 5.74) is 2.23. The SMILES string of the molecule is Cc1ccc(-c2nn[nH]c2S(=O)(=O)C(C)C)cc1. The second kappa shape index (κ2) is 4.53. The van der Waals surface area contributed by atoms with E-state index in [2.05, 4.69) is 15.4 Å². The predicted octanol–water partition coefficient (Wildman–Crippen LogP) is 1.96. The maximum absolute atomic E-state index is 12.1. The lowest BCUT2D eigenvalue weighted by atomic mass is 10.1. The van der Waals surface area contributed by atoms with Gasteiger partial charge in [-0.2, -0.15) is 0 Å². The number of aromatic amines is 1. The molecule has 0 fully saturated rings. The van der Waals surface area contributed by atoms with Gasteiger partial charge >= 0.3 is 0 Å². The highest BCUT2D eigenvalue weighted by molar-refractivity contribution is 7.92.